The first kappa shape index (κ1) is 10.7. The second-order valence-electron chi connectivity index (χ2n) is 2.93. The molecule has 0 aliphatic heterocycles. The third kappa shape index (κ3) is 2.09. The van der Waals surface area contributed by atoms with E-state index in [2.05, 4.69) is 10.3 Å². The van der Waals surface area contributed by atoms with Gasteiger partial charge in [0, 0.05) is 13.2 Å². The van der Waals surface area contributed by atoms with Crippen LogP contribution in [0.1, 0.15) is 28.5 Å². The number of pyridine rings is 1. The minimum absolute atomic E-state index is 0.0962. The van der Waals surface area contributed by atoms with Crippen molar-refractivity contribution in [2.24, 2.45) is 0 Å². The van der Waals surface area contributed by atoms with Gasteiger partial charge in [-0.3, -0.25) is 9.78 Å². The summed E-state index contributed by atoms with van der Waals surface area (Å²) < 4.78 is 0. The van der Waals surface area contributed by atoms with E-state index >= 15 is 0 Å². The molecule has 0 spiro atoms. The Hall–Kier alpha value is -1.42. The third-order valence-electron chi connectivity index (χ3n) is 2.02. The van der Waals surface area contributed by atoms with Crippen molar-refractivity contribution in [1.29, 1.82) is 0 Å². The van der Waals surface area contributed by atoms with Crippen LogP contribution in [0, 0.1) is 0 Å². The number of nitrogens with one attached hydrogen (secondary N) is 1. The monoisotopic (exact) mass is 194 g/mol. The molecule has 4 nitrogen and oxygen atoms in total. The number of carbonyl (C=O) groups excluding carboxylic acids is 1. The number of hydrogen-bond acceptors (Lipinski definition) is 3. The smallest absolute Gasteiger partial charge is 0.252 e. The molecule has 2 N–H and O–H groups in total. The zero-order valence-electron chi connectivity index (χ0n) is 8.37. The molecule has 1 aromatic rings. The Morgan fingerprint density at radius 3 is 2.86 bits per heavy atom. The van der Waals surface area contributed by atoms with E-state index in [0.29, 0.717) is 17.5 Å². The van der Waals surface area contributed by atoms with Gasteiger partial charge in [-0.25, -0.2) is 0 Å². The predicted molar refractivity (Wildman–Crippen MR) is 52.9 cm³/mol. The number of aryl methyl sites for hydroxylation is 1. The van der Waals surface area contributed by atoms with E-state index in [4.69, 9.17) is 5.11 Å². The predicted octanol–water partition coefficient (Wildman–Crippen LogP) is 0.496. The van der Waals surface area contributed by atoms with Crippen LogP contribution in [0.2, 0.25) is 0 Å². The molecule has 0 bridgehead atoms. The second kappa shape index (κ2) is 4.72. The van der Waals surface area contributed by atoms with Crippen LogP contribution >= 0.6 is 0 Å². The molecule has 1 aromatic heterocycles. The zero-order valence-corrected chi connectivity index (χ0v) is 8.37. The van der Waals surface area contributed by atoms with E-state index in [-0.39, 0.29) is 12.5 Å². The molecule has 1 amide bonds. The van der Waals surface area contributed by atoms with E-state index in [0.717, 1.165) is 5.69 Å². The summed E-state index contributed by atoms with van der Waals surface area (Å²) in [7, 11) is 1.58. The highest BCUT2D eigenvalue weighted by Crippen LogP contribution is 2.09. The molecule has 14 heavy (non-hydrogen) atoms. The molecule has 0 fully saturated rings. The van der Waals surface area contributed by atoms with Gasteiger partial charge in [0.15, 0.2) is 0 Å². The number of rotatable bonds is 3. The lowest BCUT2D eigenvalue weighted by atomic mass is 10.1. The normalized spacial score (nSPS) is 9.93. The van der Waals surface area contributed by atoms with Gasteiger partial charge in [0.2, 0.25) is 0 Å². The Balaban J connectivity index is 3.14. The molecule has 0 saturated carbocycles. The van der Waals surface area contributed by atoms with Gasteiger partial charge in [-0.2, -0.15) is 0 Å². The van der Waals surface area contributed by atoms with E-state index in [1.807, 2.05) is 6.92 Å². The first-order valence-electron chi connectivity index (χ1n) is 4.53. The topological polar surface area (TPSA) is 62.2 Å². The summed E-state index contributed by atoms with van der Waals surface area (Å²) in [5.74, 6) is -0.162. The highest BCUT2D eigenvalue weighted by atomic mass is 16.3. The zero-order chi connectivity index (χ0) is 10.6. The van der Waals surface area contributed by atoms with E-state index in [1.165, 1.54) is 0 Å². The number of aliphatic hydroxyl groups is 1. The summed E-state index contributed by atoms with van der Waals surface area (Å²) in [5.41, 5.74) is 1.95. The van der Waals surface area contributed by atoms with Crippen LogP contribution in [-0.2, 0) is 13.0 Å². The van der Waals surface area contributed by atoms with Crippen molar-refractivity contribution < 1.29 is 9.90 Å². The van der Waals surface area contributed by atoms with E-state index < -0.39 is 0 Å². The lowest BCUT2D eigenvalue weighted by Gasteiger charge is -2.06. The Labute approximate surface area is 83.0 Å². The van der Waals surface area contributed by atoms with Gasteiger partial charge >= 0.3 is 0 Å². The summed E-state index contributed by atoms with van der Waals surface area (Å²) in [6.45, 7) is 1.84. The van der Waals surface area contributed by atoms with Crippen molar-refractivity contribution in [3.63, 3.8) is 0 Å². The number of nitrogens with zero attached hydrogens (tertiary/aromatic N) is 1. The molecule has 1 rings (SSSR count). The van der Waals surface area contributed by atoms with E-state index in [1.54, 1.807) is 19.3 Å². The first-order chi connectivity index (χ1) is 6.72. The molecule has 76 valence electrons. The highest BCUT2D eigenvalue weighted by molar-refractivity contribution is 5.95. The SMILES string of the molecule is CCc1ncc(CO)cc1C(=O)NC. The van der Waals surface area contributed by atoms with Gasteiger partial charge in [-0.15, -0.1) is 0 Å². The van der Waals surface area contributed by atoms with Gasteiger partial charge in [0.25, 0.3) is 5.91 Å². The lowest BCUT2D eigenvalue weighted by molar-refractivity contribution is 0.0961. The van der Waals surface area contributed by atoms with Crippen LogP contribution in [0.3, 0.4) is 0 Å². The summed E-state index contributed by atoms with van der Waals surface area (Å²) in [6, 6.07) is 1.67. The number of aromatic nitrogens is 1. The number of aliphatic hydroxyl groups excluding tert-OH is 1. The second-order valence-corrected chi connectivity index (χ2v) is 2.93. The van der Waals surface area contributed by atoms with Crippen LogP contribution in [0.15, 0.2) is 12.3 Å². The maximum absolute atomic E-state index is 11.4. The fraction of sp³-hybridized carbons (Fsp3) is 0.400. The number of amides is 1. The molecule has 4 heteroatoms. The fourth-order valence-corrected chi connectivity index (χ4v) is 1.24. The van der Waals surface area contributed by atoms with Gasteiger partial charge in [-0.05, 0) is 18.1 Å². The Morgan fingerprint density at radius 1 is 1.64 bits per heavy atom. The van der Waals surface area contributed by atoms with Crippen LogP contribution in [-0.4, -0.2) is 23.0 Å². The number of carbonyl (C=O) groups is 1. The van der Waals surface area contributed by atoms with Crippen LogP contribution < -0.4 is 5.32 Å². The van der Waals surface area contributed by atoms with Crippen molar-refractivity contribution >= 4 is 5.91 Å². The van der Waals surface area contributed by atoms with Crippen molar-refractivity contribution in [1.82, 2.24) is 10.3 Å². The van der Waals surface area contributed by atoms with Gasteiger partial charge < -0.3 is 10.4 Å². The van der Waals surface area contributed by atoms with Crippen molar-refractivity contribution in [2.45, 2.75) is 20.0 Å². The molecule has 0 saturated heterocycles. The highest BCUT2D eigenvalue weighted by Gasteiger charge is 2.10. The minimum atomic E-state index is -0.162. The largest absolute Gasteiger partial charge is 0.392 e. The summed E-state index contributed by atoms with van der Waals surface area (Å²) in [6.07, 6.45) is 2.29. The van der Waals surface area contributed by atoms with Crippen LogP contribution in [0.5, 0.6) is 0 Å². The molecular weight excluding hydrogens is 180 g/mol. The van der Waals surface area contributed by atoms with Crippen molar-refractivity contribution in [3.8, 4) is 0 Å². The summed E-state index contributed by atoms with van der Waals surface area (Å²) >= 11 is 0. The molecule has 0 unspecified atom stereocenters. The lowest BCUT2D eigenvalue weighted by Crippen LogP contribution is -2.20. The molecule has 0 aliphatic rings. The molecule has 0 radical (unpaired) electrons. The van der Waals surface area contributed by atoms with Gasteiger partial charge in [-0.1, -0.05) is 6.92 Å². The van der Waals surface area contributed by atoms with Gasteiger partial charge in [0.05, 0.1) is 17.9 Å². The maximum atomic E-state index is 11.4. The standard InChI is InChI=1S/C10H14N2O2/c1-3-9-8(10(14)11-2)4-7(6-13)5-12-9/h4-5,13H,3,6H2,1-2H3,(H,11,14). The molecular formula is C10H14N2O2. The number of hydrogen-bond donors (Lipinski definition) is 2. The summed E-state index contributed by atoms with van der Waals surface area (Å²) in [5, 5.41) is 11.5. The van der Waals surface area contributed by atoms with Gasteiger partial charge in [0.1, 0.15) is 0 Å². The molecule has 0 atom stereocenters. The summed E-state index contributed by atoms with van der Waals surface area (Å²) in [4.78, 5) is 15.5. The van der Waals surface area contributed by atoms with Crippen LogP contribution in [0.4, 0.5) is 0 Å². The quantitative estimate of drug-likeness (QED) is 0.736. The molecule has 0 aliphatic carbocycles. The van der Waals surface area contributed by atoms with E-state index in [9.17, 15) is 4.79 Å². The Morgan fingerprint density at radius 2 is 2.36 bits per heavy atom. The minimum Gasteiger partial charge on any atom is -0.392 e. The average molecular weight is 194 g/mol. The Bertz CT molecular complexity index is 337. The van der Waals surface area contributed by atoms with Crippen molar-refractivity contribution in [2.75, 3.05) is 7.05 Å². The van der Waals surface area contributed by atoms with Crippen LogP contribution in [0.25, 0.3) is 0 Å². The average Bonchev–Trinajstić information content (AvgIpc) is 2.27. The Kier molecular flexibility index (Phi) is 3.59. The molecule has 1 heterocycles. The first-order valence-corrected chi connectivity index (χ1v) is 4.53. The third-order valence-corrected chi connectivity index (χ3v) is 2.02. The molecule has 0 aromatic carbocycles. The fourth-order valence-electron chi connectivity index (χ4n) is 1.24. The maximum Gasteiger partial charge on any atom is 0.252 e. The van der Waals surface area contributed by atoms with Crippen molar-refractivity contribution in [3.05, 3.63) is 29.1 Å².